The molecule has 6 aromatic rings. The van der Waals surface area contributed by atoms with Gasteiger partial charge >= 0.3 is 7.12 Å². The monoisotopic (exact) mass is 866 g/mol. The molecule has 0 radical (unpaired) electrons. The summed E-state index contributed by atoms with van der Waals surface area (Å²) < 4.78 is 3.45. The van der Waals surface area contributed by atoms with Gasteiger partial charge in [0.25, 0.3) is 11.1 Å². The highest BCUT2D eigenvalue weighted by atomic mass is 79.9. The van der Waals surface area contributed by atoms with Crippen LogP contribution in [0.5, 0.6) is 0 Å². The van der Waals surface area contributed by atoms with E-state index < -0.39 is 7.12 Å². The summed E-state index contributed by atoms with van der Waals surface area (Å²) in [5.41, 5.74) is 5.80. The minimum absolute atomic E-state index is 0.00689. The molecule has 60 heavy (non-hydrogen) atoms. The molecule has 14 heteroatoms. The van der Waals surface area contributed by atoms with Crippen molar-refractivity contribution in [2.24, 2.45) is 0 Å². The first-order valence-electron chi connectivity index (χ1n) is 19.1. The fraction of sp³-hybridized carbons (Fsp3) is 0.217. The normalized spacial score (nSPS) is 10.2. The van der Waals surface area contributed by atoms with Crippen molar-refractivity contribution in [1.82, 2.24) is 19.1 Å². The Morgan fingerprint density at radius 1 is 0.633 bits per heavy atom. The Bertz CT molecular complexity index is 2550. The number of carbonyl (C=O) groups excluding carboxylic acids is 2. The van der Waals surface area contributed by atoms with Crippen LogP contribution in [0.25, 0.3) is 20.9 Å². The van der Waals surface area contributed by atoms with Gasteiger partial charge in [-0.05, 0) is 90.5 Å². The first-order chi connectivity index (χ1) is 28.9. The molecule has 0 spiro atoms. The quantitative estimate of drug-likeness (QED) is 0.0885. The largest absolute Gasteiger partial charge is 0.488 e. The molecule has 0 aliphatic rings. The van der Waals surface area contributed by atoms with E-state index in [-0.39, 0.29) is 35.8 Å². The number of benzene rings is 4. The van der Waals surface area contributed by atoms with E-state index in [1.54, 1.807) is 48.8 Å². The van der Waals surface area contributed by atoms with E-state index in [1.807, 2.05) is 36.4 Å². The Kier molecular flexibility index (Phi) is 18.2. The number of carbonyl (C=O) groups is 2. The van der Waals surface area contributed by atoms with Crippen molar-refractivity contribution in [1.29, 1.82) is 0 Å². The zero-order valence-corrected chi connectivity index (χ0v) is 35.0. The lowest BCUT2D eigenvalue weighted by Gasteiger charge is -2.13. The van der Waals surface area contributed by atoms with Crippen LogP contribution < -0.4 is 16.6 Å². The molecule has 12 nitrogen and oxygen atoms in total. The standard InChI is InChI=1S/C23H21N3O2.C16H17BrN2O2.C7H6BNO2/c1-17(27)16-26-22(19-11-13-20(24-2)14-12-19)15-25-21(23(26)28)10-6-9-18-7-4-3-5-8-18;1-12(20)11-19-15(17)10-18-14(16(19)21)9-5-8-13-6-3-2-4-7-13;1-9-7-4-2-6(3-5-7)8(10)11/h3-5,7-8,11-15H,6,9-10,16H2,1H3;2-4,6-7,10H,5,8-9,11H2,1H3;2-5,10-11H. The van der Waals surface area contributed by atoms with E-state index in [0.717, 1.165) is 31.2 Å². The van der Waals surface area contributed by atoms with E-state index in [1.165, 1.54) is 46.2 Å². The molecule has 2 aromatic heterocycles. The predicted octanol–water partition coefficient (Wildman–Crippen LogP) is 6.91. The second-order valence-corrected chi connectivity index (χ2v) is 14.5. The molecule has 0 unspecified atom stereocenters. The van der Waals surface area contributed by atoms with Gasteiger partial charge in [-0.15, -0.1) is 0 Å². The highest BCUT2D eigenvalue weighted by molar-refractivity contribution is 9.10. The molecule has 0 atom stereocenters. The molecular weight excluding hydrogens is 823 g/mol. The number of nitrogens with zero attached hydrogens (tertiary/aromatic N) is 6. The first-order valence-corrected chi connectivity index (χ1v) is 19.9. The molecule has 0 saturated heterocycles. The third-order valence-corrected chi connectivity index (χ3v) is 9.65. The third kappa shape index (κ3) is 14.4. The molecule has 2 N–H and O–H groups in total. The fourth-order valence-corrected chi connectivity index (χ4v) is 6.39. The van der Waals surface area contributed by atoms with Crippen LogP contribution in [-0.4, -0.2) is 47.8 Å². The number of hydrogen-bond donors (Lipinski definition) is 2. The van der Waals surface area contributed by atoms with Crippen LogP contribution in [0.2, 0.25) is 0 Å². The molecule has 304 valence electrons. The number of aryl methyl sites for hydroxylation is 4. The van der Waals surface area contributed by atoms with E-state index in [2.05, 4.69) is 59.9 Å². The predicted molar refractivity (Wildman–Crippen MR) is 237 cm³/mol. The van der Waals surface area contributed by atoms with Crippen LogP contribution in [0.3, 0.4) is 0 Å². The molecule has 6 rings (SSSR count). The Balaban J connectivity index is 0.000000217. The summed E-state index contributed by atoms with van der Waals surface area (Å²) in [5.74, 6) is -0.151. The molecule has 0 aliphatic heterocycles. The van der Waals surface area contributed by atoms with Gasteiger partial charge < -0.3 is 10.0 Å². The van der Waals surface area contributed by atoms with Crippen LogP contribution in [0.1, 0.15) is 49.2 Å². The van der Waals surface area contributed by atoms with Crippen LogP contribution in [0.15, 0.2) is 136 Å². The Morgan fingerprint density at radius 2 is 1.07 bits per heavy atom. The maximum absolute atomic E-state index is 13.0. The van der Waals surface area contributed by atoms with Gasteiger partial charge in [0.05, 0.1) is 44.3 Å². The number of rotatable bonds is 14. The van der Waals surface area contributed by atoms with Crippen molar-refractivity contribution in [3.8, 4) is 11.3 Å². The average Bonchev–Trinajstić information content (AvgIpc) is 3.25. The minimum atomic E-state index is -1.45. The van der Waals surface area contributed by atoms with Crippen molar-refractivity contribution < 1.29 is 19.6 Å². The topological polar surface area (TPSA) is 153 Å². The highest BCUT2D eigenvalue weighted by Gasteiger charge is 2.14. The average molecular weight is 868 g/mol. The lowest BCUT2D eigenvalue weighted by molar-refractivity contribution is -0.118. The summed E-state index contributed by atoms with van der Waals surface area (Å²) in [6.45, 7) is 16.7. The van der Waals surface area contributed by atoms with Gasteiger partial charge in [-0.1, -0.05) is 109 Å². The molecule has 2 heterocycles. The smallest absolute Gasteiger partial charge is 0.423 e. The lowest BCUT2D eigenvalue weighted by Crippen LogP contribution is -2.29. The summed E-state index contributed by atoms with van der Waals surface area (Å²) in [5, 5.41) is 17.3. The molecule has 0 amide bonds. The molecule has 0 saturated carbocycles. The molecule has 0 fully saturated rings. The van der Waals surface area contributed by atoms with Crippen molar-refractivity contribution in [2.75, 3.05) is 0 Å². The SMILES string of the molecule is CC(=O)Cn1c(Br)cnc(CCCc2ccccc2)c1=O.[C-]#[N+]c1ccc(-c2cnc(CCCc3ccccc3)c(=O)n2CC(C)=O)cc1.[C-]#[N+]c1ccc(B(O)O)cc1. The van der Waals surface area contributed by atoms with E-state index in [0.29, 0.717) is 51.4 Å². The van der Waals surface area contributed by atoms with E-state index in [9.17, 15) is 19.2 Å². The van der Waals surface area contributed by atoms with Gasteiger partial charge in [-0.3, -0.25) is 38.3 Å². The van der Waals surface area contributed by atoms with Gasteiger partial charge in [-0.2, -0.15) is 0 Å². The second-order valence-electron chi connectivity index (χ2n) is 13.7. The molecule has 0 bridgehead atoms. The first kappa shape index (κ1) is 46.1. The van der Waals surface area contributed by atoms with Gasteiger partial charge in [0, 0.05) is 0 Å². The highest BCUT2D eigenvalue weighted by Crippen LogP contribution is 2.22. The van der Waals surface area contributed by atoms with E-state index >= 15 is 0 Å². The summed E-state index contributed by atoms with van der Waals surface area (Å²) in [7, 11) is -1.45. The Morgan fingerprint density at radius 3 is 1.52 bits per heavy atom. The van der Waals surface area contributed by atoms with E-state index in [4.69, 9.17) is 23.2 Å². The fourth-order valence-electron chi connectivity index (χ4n) is 6.00. The summed E-state index contributed by atoms with van der Waals surface area (Å²) in [6, 6.07) is 33.3. The molecular formula is C46H44BBrN6O6. The van der Waals surface area contributed by atoms with Crippen LogP contribution >= 0.6 is 15.9 Å². The number of halogens is 1. The van der Waals surface area contributed by atoms with Crippen molar-refractivity contribution in [3.63, 3.8) is 0 Å². The van der Waals surface area contributed by atoms with Crippen molar-refractivity contribution in [3.05, 3.63) is 192 Å². The third-order valence-electron chi connectivity index (χ3n) is 9.02. The molecule has 0 aliphatic carbocycles. The van der Waals surface area contributed by atoms with Crippen molar-refractivity contribution >= 4 is 51.5 Å². The van der Waals surface area contributed by atoms with Crippen LogP contribution in [0.4, 0.5) is 11.4 Å². The lowest BCUT2D eigenvalue weighted by atomic mass is 9.80. The minimum Gasteiger partial charge on any atom is -0.423 e. The van der Waals surface area contributed by atoms with Gasteiger partial charge in [0.2, 0.25) is 0 Å². The van der Waals surface area contributed by atoms with Gasteiger partial charge in [-0.25, -0.2) is 9.69 Å². The Hall–Kier alpha value is -6.58. The summed E-state index contributed by atoms with van der Waals surface area (Å²) in [6.07, 6.45) is 7.84. The zero-order valence-electron chi connectivity index (χ0n) is 33.4. The second kappa shape index (κ2) is 23.7. The summed E-state index contributed by atoms with van der Waals surface area (Å²) in [4.78, 5) is 63.3. The van der Waals surface area contributed by atoms with Gasteiger partial charge in [0.1, 0.15) is 27.6 Å². The number of ketones is 2. The number of aromatic nitrogens is 4. The number of Topliss-reactive ketones (excluding diaryl/α,β-unsaturated/α-hetero) is 2. The maximum Gasteiger partial charge on any atom is 0.488 e. The summed E-state index contributed by atoms with van der Waals surface area (Å²) >= 11 is 3.26. The maximum atomic E-state index is 13.0. The Labute approximate surface area is 357 Å². The van der Waals surface area contributed by atoms with Crippen LogP contribution in [-0.2, 0) is 48.4 Å². The van der Waals surface area contributed by atoms with Gasteiger partial charge in [0.15, 0.2) is 11.4 Å². The number of hydrogen-bond acceptors (Lipinski definition) is 8. The molecule has 4 aromatic carbocycles. The van der Waals surface area contributed by atoms with Crippen molar-refractivity contribution in [2.45, 2.75) is 65.5 Å². The van der Waals surface area contributed by atoms with Crippen LogP contribution in [0, 0.1) is 13.1 Å². The zero-order chi connectivity index (χ0) is 43.4.